The van der Waals surface area contributed by atoms with E-state index in [2.05, 4.69) is 0 Å². The molecule has 0 radical (unpaired) electrons. The SMILES string of the molecule is CC(c1ccccc1F)N1CCC(N)C1=O. The van der Waals surface area contributed by atoms with E-state index in [4.69, 9.17) is 5.73 Å². The van der Waals surface area contributed by atoms with E-state index in [1.807, 2.05) is 6.92 Å². The van der Waals surface area contributed by atoms with Gasteiger partial charge in [0.05, 0.1) is 12.1 Å². The molecule has 1 aliphatic heterocycles. The Morgan fingerprint density at radius 3 is 2.75 bits per heavy atom. The molecule has 2 N–H and O–H groups in total. The summed E-state index contributed by atoms with van der Waals surface area (Å²) in [5, 5.41) is 0. The monoisotopic (exact) mass is 222 g/mol. The quantitative estimate of drug-likeness (QED) is 0.823. The van der Waals surface area contributed by atoms with E-state index < -0.39 is 6.04 Å². The van der Waals surface area contributed by atoms with Gasteiger partial charge in [-0.1, -0.05) is 18.2 Å². The number of benzene rings is 1. The van der Waals surface area contributed by atoms with Crippen molar-refractivity contribution >= 4 is 5.91 Å². The maximum absolute atomic E-state index is 13.5. The van der Waals surface area contributed by atoms with E-state index in [0.29, 0.717) is 18.5 Å². The lowest BCUT2D eigenvalue weighted by Gasteiger charge is -2.25. The molecule has 0 bridgehead atoms. The maximum atomic E-state index is 13.5. The van der Waals surface area contributed by atoms with Gasteiger partial charge in [0.25, 0.3) is 0 Å². The van der Waals surface area contributed by atoms with Gasteiger partial charge >= 0.3 is 0 Å². The van der Waals surface area contributed by atoms with E-state index in [1.165, 1.54) is 6.07 Å². The lowest BCUT2D eigenvalue weighted by atomic mass is 10.1. The zero-order valence-electron chi connectivity index (χ0n) is 9.19. The number of carbonyl (C=O) groups is 1. The molecule has 0 saturated carbocycles. The number of amides is 1. The lowest BCUT2D eigenvalue weighted by Crippen LogP contribution is -2.35. The van der Waals surface area contributed by atoms with Crippen LogP contribution < -0.4 is 5.73 Å². The van der Waals surface area contributed by atoms with Gasteiger partial charge in [0.1, 0.15) is 5.82 Å². The number of carbonyl (C=O) groups excluding carboxylic acids is 1. The van der Waals surface area contributed by atoms with Crippen molar-refractivity contribution in [3.8, 4) is 0 Å². The molecule has 1 aliphatic rings. The van der Waals surface area contributed by atoms with Crippen molar-refractivity contribution in [3.63, 3.8) is 0 Å². The second-order valence-corrected chi connectivity index (χ2v) is 4.12. The molecule has 1 amide bonds. The average Bonchev–Trinajstić information content (AvgIpc) is 2.60. The standard InChI is InChI=1S/C12H15FN2O/c1-8(9-4-2-3-5-10(9)13)15-7-6-11(14)12(15)16/h2-5,8,11H,6-7,14H2,1H3. The van der Waals surface area contributed by atoms with Crippen LogP contribution in [0.2, 0.25) is 0 Å². The maximum Gasteiger partial charge on any atom is 0.240 e. The second-order valence-electron chi connectivity index (χ2n) is 4.12. The molecule has 3 nitrogen and oxygen atoms in total. The van der Waals surface area contributed by atoms with Gasteiger partial charge in [-0.3, -0.25) is 4.79 Å². The third kappa shape index (κ3) is 1.80. The van der Waals surface area contributed by atoms with E-state index in [-0.39, 0.29) is 17.8 Å². The van der Waals surface area contributed by atoms with E-state index >= 15 is 0 Å². The molecule has 16 heavy (non-hydrogen) atoms. The number of likely N-dealkylation sites (tertiary alicyclic amines) is 1. The largest absolute Gasteiger partial charge is 0.334 e. The molecule has 2 unspecified atom stereocenters. The third-order valence-electron chi connectivity index (χ3n) is 3.10. The molecule has 1 heterocycles. The van der Waals surface area contributed by atoms with Crippen LogP contribution in [0.15, 0.2) is 24.3 Å². The molecule has 2 atom stereocenters. The van der Waals surface area contributed by atoms with Crippen LogP contribution in [0.1, 0.15) is 24.9 Å². The first-order valence-electron chi connectivity index (χ1n) is 5.41. The molecule has 0 aliphatic carbocycles. The number of hydrogen-bond donors (Lipinski definition) is 1. The summed E-state index contributed by atoms with van der Waals surface area (Å²) in [6.07, 6.45) is 0.650. The van der Waals surface area contributed by atoms with Gasteiger partial charge in [0.2, 0.25) is 5.91 Å². The highest BCUT2D eigenvalue weighted by Gasteiger charge is 2.32. The fourth-order valence-corrected chi connectivity index (χ4v) is 2.09. The van der Waals surface area contributed by atoms with Gasteiger partial charge in [0.15, 0.2) is 0 Å². The molecule has 0 spiro atoms. The number of rotatable bonds is 2. The minimum Gasteiger partial charge on any atom is -0.334 e. The summed E-state index contributed by atoms with van der Waals surface area (Å²) < 4.78 is 13.5. The zero-order chi connectivity index (χ0) is 11.7. The molecule has 1 aromatic rings. The van der Waals surface area contributed by atoms with Gasteiger partial charge < -0.3 is 10.6 Å². The van der Waals surface area contributed by atoms with E-state index in [1.54, 1.807) is 23.1 Å². The normalized spacial score (nSPS) is 22.6. The van der Waals surface area contributed by atoms with Crippen molar-refractivity contribution in [1.82, 2.24) is 4.90 Å². The Morgan fingerprint density at radius 1 is 1.50 bits per heavy atom. The molecular formula is C12H15FN2O. The highest BCUT2D eigenvalue weighted by molar-refractivity contribution is 5.84. The van der Waals surface area contributed by atoms with Crippen LogP contribution in [-0.2, 0) is 4.79 Å². The molecule has 1 fully saturated rings. The summed E-state index contributed by atoms with van der Waals surface area (Å²) in [4.78, 5) is 13.4. The lowest BCUT2D eigenvalue weighted by molar-refractivity contribution is -0.130. The van der Waals surface area contributed by atoms with E-state index in [0.717, 1.165) is 0 Å². The Kier molecular flexibility index (Phi) is 2.92. The van der Waals surface area contributed by atoms with Crippen LogP contribution in [0.5, 0.6) is 0 Å². The topological polar surface area (TPSA) is 46.3 Å². The second kappa shape index (κ2) is 4.22. The first-order valence-corrected chi connectivity index (χ1v) is 5.41. The van der Waals surface area contributed by atoms with Crippen molar-refractivity contribution in [3.05, 3.63) is 35.6 Å². The molecule has 0 aromatic heterocycles. The highest BCUT2D eigenvalue weighted by atomic mass is 19.1. The van der Waals surface area contributed by atoms with Crippen molar-refractivity contribution in [2.24, 2.45) is 5.73 Å². The minimum atomic E-state index is -0.422. The molecule has 1 aromatic carbocycles. The highest BCUT2D eigenvalue weighted by Crippen LogP contribution is 2.26. The Hall–Kier alpha value is -1.42. The Bertz CT molecular complexity index is 408. The summed E-state index contributed by atoms with van der Waals surface area (Å²) in [7, 11) is 0. The fraction of sp³-hybridized carbons (Fsp3) is 0.417. The van der Waals surface area contributed by atoms with Crippen LogP contribution in [0.25, 0.3) is 0 Å². The van der Waals surface area contributed by atoms with Crippen molar-refractivity contribution in [2.75, 3.05) is 6.54 Å². The van der Waals surface area contributed by atoms with Gasteiger partial charge in [-0.2, -0.15) is 0 Å². The fourth-order valence-electron chi connectivity index (χ4n) is 2.09. The predicted octanol–water partition coefficient (Wildman–Crippen LogP) is 1.45. The van der Waals surface area contributed by atoms with Gasteiger partial charge in [-0.15, -0.1) is 0 Å². The summed E-state index contributed by atoms with van der Waals surface area (Å²) >= 11 is 0. The third-order valence-corrected chi connectivity index (χ3v) is 3.10. The summed E-state index contributed by atoms with van der Waals surface area (Å²) in [5.74, 6) is -0.362. The molecule has 4 heteroatoms. The van der Waals surface area contributed by atoms with E-state index in [9.17, 15) is 9.18 Å². The molecular weight excluding hydrogens is 207 g/mol. The summed E-state index contributed by atoms with van der Waals surface area (Å²) in [5.41, 5.74) is 6.18. The zero-order valence-corrected chi connectivity index (χ0v) is 9.19. The van der Waals surface area contributed by atoms with Crippen molar-refractivity contribution < 1.29 is 9.18 Å². The van der Waals surface area contributed by atoms with Gasteiger partial charge in [-0.25, -0.2) is 4.39 Å². The summed E-state index contributed by atoms with van der Waals surface area (Å²) in [6, 6.07) is 5.86. The van der Waals surface area contributed by atoms with Crippen LogP contribution in [-0.4, -0.2) is 23.4 Å². The number of nitrogens with two attached hydrogens (primary N) is 1. The minimum absolute atomic E-state index is 0.0873. The Morgan fingerprint density at radius 2 is 2.19 bits per heavy atom. The number of hydrogen-bond acceptors (Lipinski definition) is 2. The van der Waals surface area contributed by atoms with Gasteiger partial charge in [-0.05, 0) is 19.4 Å². The first kappa shape index (κ1) is 11.1. The number of nitrogens with zero attached hydrogens (tertiary/aromatic N) is 1. The first-order chi connectivity index (χ1) is 7.61. The molecule has 2 rings (SSSR count). The average molecular weight is 222 g/mol. The van der Waals surface area contributed by atoms with Crippen molar-refractivity contribution in [1.29, 1.82) is 0 Å². The van der Waals surface area contributed by atoms with Gasteiger partial charge in [0, 0.05) is 12.1 Å². The van der Waals surface area contributed by atoms with Crippen LogP contribution in [0, 0.1) is 5.82 Å². The molecule has 86 valence electrons. The smallest absolute Gasteiger partial charge is 0.240 e. The van der Waals surface area contributed by atoms with Crippen LogP contribution >= 0.6 is 0 Å². The summed E-state index contributed by atoms with van der Waals surface area (Å²) in [6.45, 7) is 2.43. The molecule has 1 saturated heterocycles. The number of halogens is 1. The predicted molar refractivity (Wildman–Crippen MR) is 59.1 cm³/mol. The van der Waals surface area contributed by atoms with Crippen molar-refractivity contribution in [2.45, 2.75) is 25.4 Å². The Balaban J connectivity index is 2.23. The van der Waals surface area contributed by atoms with Crippen LogP contribution in [0.3, 0.4) is 0 Å². The van der Waals surface area contributed by atoms with Crippen LogP contribution in [0.4, 0.5) is 4.39 Å². The Labute approximate surface area is 94.0 Å².